The second kappa shape index (κ2) is 12.9. The highest BCUT2D eigenvalue weighted by Crippen LogP contribution is 2.41. The number of aryl methyl sites for hydroxylation is 1. The van der Waals surface area contributed by atoms with Crippen LogP contribution < -0.4 is 5.32 Å². The fraction of sp³-hybridized carbons (Fsp3) is 0.250. The molecule has 0 aliphatic rings. The molecule has 4 N–H and O–H groups in total. The zero-order valence-electron chi connectivity index (χ0n) is 22.8. The summed E-state index contributed by atoms with van der Waals surface area (Å²) in [5.41, 5.74) is 4.80. The fourth-order valence-corrected chi connectivity index (χ4v) is 5.05. The number of benzene rings is 3. The predicted molar refractivity (Wildman–Crippen MR) is 153 cm³/mol. The molecule has 7 nitrogen and oxygen atoms in total. The van der Waals surface area contributed by atoms with Gasteiger partial charge in [-0.25, -0.2) is 8.78 Å². The Hall–Kier alpha value is -4.34. The molecule has 0 unspecified atom stereocenters. The van der Waals surface area contributed by atoms with E-state index in [2.05, 4.69) is 5.32 Å². The number of carbonyl (C=O) groups excluding carboxylic acids is 1. The van der Waals surface area contributed by atoms with Gasteiger partial charge in [0.15, 0.2) is 0 Å². The lowest BCUT2D eigenvalue weighted by atomic mass is 9.92. The molecule has 0 bridgehead atoms. The molecule has 0 aliphatic carbocycles. The molecule has 1 aromatic heterocycles. The molecule has 0 saturated heterocycles. The number of aliphatic carboxylic acids is 1. The number of hydrogen-bond donors (Lipinski definition) is 4. The van der Waals surface area contributed by atoms with Crippen LogP contribution in [0.25, 0.3) is 22.3 Å². The first-order valence-corrected chi connectivity index (χ1v) is 13.2. The van der Waals surface area contributed by atoms with Gasteiger partial charge in [0.25, 0.3) is 5.91 Å². The third-order valence-electron chi connectivity index (χ3n) is 6.94. The second-order valence-electron chi connectivity index (χ2n) is 10.1. The van der Waals surface area contributed by atoms with E-state index in [-0.39, 0.29) is 25.0 Å². The Balaban J connectivity index is 1.83. The predicted octanol–water partition coefficient (Wildman–Crippen LogP) is 5.72. The Morgan fingerprint density at radius 2 is 1.46 bits per heavy atom. The zero-order chi connectivity index (χ0) is 29.7. The maximum atomic E-state index is 13.9. The number of aliphatic hydroxyl groups is 2. The van der Waals surface area contributed by atoms with Crippen LogP contribution in [0.5, 0.6) is 0 Å². The Morgan fingerprint density at radius 3 is 2.02 bits per heavy atom. The number of rotatable bonds is 11. The van der Waals surface area contributed by atoms with E-state index in [0.717, 1.165) is 5.56 Å². The van der Waals surface area contributed by atoms with Crippen molar-refractivity contribution in [2.75, 3.05) is 5.32 Å². The van der Waals surface area contributed by atoms with Gasteiger partial charge in [-0.05, 0) is 79.3 Å². The van der Waals surface area contributed by atoms with Crippen LogP contribution in [-0.2, 0) is 18.3 Å². The van der Waals surface area contributed by atoms with Gasteiger partial charge >= 0.3 is 5.97 Å². The van der Waals surface area contributed by atoms with Gasteiger partial charge in [-0.15, -0.1) is 0 Å². The zero-order valence-corrected chi connectivity index (χ0v) is 22.8. The highest BCUT2D eigenvalue weighted by Gasteiger charge is 2.28. The van der Waals surface area contributed by atoms with E-state index in [1.165, 1.54) is 24.3 Å². The van der Waals surface area contributed by atoms with E-state index in [1.54, 1.807) is 41.9 Å². The van der Waals surface area contributed by atoms with Crippen LogP contribution in [0.4, 0.5) is 14.5 Å². The first kappa shape index (κ1) is 29.6. The number of nitrogens with one attached hydrogen (secondary N) is 1. The lowest BCUT2D eigenvalue weighted by molar-refractivity contribution is -0.139. The van der Waals surface area contributed by atoms with Gasteiger partial charge in [0.05, 0.1) is 18.6 Å². The first-order chi connectivity index (χ1) is 19.5. The molecule has 41 heavy (non-hydrogen) atoms. The lowest BCUT2D eigenvalue weighted by Gasteiger charge is -2.16. The molecular formula is C32H32F2N2O5. The molecule has 1 heterocycles. The molecule has 4 rings (SSSR count). The topological polar surface area (TPSA) is 112 Å². The Morgan fingerprint density at radius 1 is 0.878 bits per heavy atom. The number of aromatic nitrogens is 1. The highest BCUT2D eigenvalue weighted by atomic mass is 19.1. The summed E-state index contributed by atoms with van der Waals surface area (Å²) in [5, 5.41) is 32.5. The molecule has 9 heteroatoms. The summed E-state index contributed by atoms with van der Waals surface area (Å²) < 4.78 is 29.5. The van der Waals surface area contributed by atoms with Gasteiger partial charge < -0.3 is 25.2 Å². The van der Waals surface area contributed by atoms with Crippen molar-refractivity contribution in [3.8, 4) is 22.3 Å². The molecule has 4 aromatic rings. The number of carboxylic acids is 1. The van der Waals surface area contributed by atoms with Crippen molar-refractivity contribution in [1.82, 2.24) is 4.57 Å². The number of hydrogen-bond acceptors (Lipinski definition) is 4. The van der Waals surface area contributed by atoms with E-state index >= 15 is 0 Å². The maximum absolute atomic E-state index is 13.9. The summed E-state index contributed by atoms with van der Waals surface area (Å²) in [6.45, 7) is 1.91. The molecule has 0 radical (unpaired) electrons. The number of halogens is 2. The number of carboxylic acid groups (broad SMARTS) is 1. The number of anilines is 1. The Labute approximate surface area is 236 Å². The fourth-order valence-electron chi connectivity index (χ4n) is 5.05. The minimum atomic E-state index is -1.21. The van der Waals surface area contributed by atoms with Gasteiger partial charge in [-0.3, -0.25) is 9.59 Å². The Bertz CT molecular complexity index is 1530. The molecule has 214 valence electrons. The maximum Gasteiger partial charge on any atom is 0.305 e. The van der Waals surface area contributed by atoms with Crippen molar-refractivity contribution in [3.05, 3.63) is 101 Å². The molecule has 1 amide bonds. The van der Waals surface area contributed by atoms with Crippen LogP contribution >= 0.6 is 0 Å². The molecule has 3 aromatic carbocycles. The quantitative estimate of drug-likeness (QED) is 0.187. The summed E-state index contributed by atoms with van der Waals surface area (Å²) in [5.74, 6) is -2.46. The van der Waals surface area contributed by atoms with Crippen molar-refractivity contribution in [3.63, 3.8) is 0 Å². The molecule has 0 aliphatic heterocycles. The summed E-state index contributed by atoms with van der Waals surface area (Å²) in [7, 11) is 1.71. The van der Waals surface area contributed by atoms with Crippen molar-refractivity contribution in [2.24, 2.45) is 7.05 Å². The summed E-state index contributed by atoms with van der Waals surface area (Å²) >= 11 is 0. The monoisotopic (exact) mass is 562 g/mol. The van der Waals surface area contributed by atoms with E-state index in [0.29, 0.717) is 33.6 Å². The SMILES string of the molecule is Cc1cccc(NC(=O)c2c(-c3ccc(F)cc3)c(-c3ccc(F)cc3)c(CC[C@@H](O)C[C@@H](O)CC(=O)O)n2C)c1. The average Bonchev–Trinajstić information content (AvgIpc) is 3.19. The van der Waals surface area contributed by atoms with E-state index in [9.17, 15) is 28.6 Å². The van der Waals surface area contributed by atoms with Gasteiger partial charge in [-0.2, -0.15) is 0 Å². The molecule has 0 spiro atoms. The van der Waals surface area contributed by atoms with Crippen LogP contribution in [-0.4, -0.2) is 44.0 Å². The van der Waals surface area contributed by atoms with Crippen LogP contribution in [0.2, 0.25) is 0 Å². The standard InChI is InChI=1S/C32H32F2N2O5/c1-19-4-3-5-24(16-19)35-32(41)31-30(21-8-12-23(34)13-9-21)29(20-6-10-22(33)11-7-20)27(36(31)2)15-14-25(37)17-26(38)18-28(39)40/h3-13,16,25-26,37-38H,14-15,17-18H2,1-2H3,(H,35,41)(H,39,40)/t25-,26-/m1/s1. The van der Waals surface area contributed by atoms with Crippen molar-refractivity contribution < 1.29 is 33.7 Å². The summed E-state index contributed by atoms with van der Waals surface area (Å²) in [6, 6.07) is 18.9. The van der Waals surface area contributed by atoms with Crippen molar-refractivity contribution in [1.29, 1.82) is 0 Å². The van der Waals surface area contributed by atoms with Crippen LogP contribution in [0.3, 0.4) is 0 Å². The van der Waals surface area contributed by atoms with Gasteiger partial charge in [0, 0.05) is 29.6 Å². The number of carbonyl (C=O) groups is 2. The lowest BCUT2D eigenvalue weighted by Crippen LogP contribution is -2.21. The minimum absolute atomic E-state index is 0.131. The van der Waals surface area contributed by atoms with Crippen LogP contribution in [0.1, 0.15) is 41.0 Å². The van der Waals surface area contributed by atoms with Gasteiger partial charge in [0.2, 0.25) is 0 Å². The molecule has 0 saturated carbocycles. The number of aliphatic hydroxyl groups excluding tert-OH is 2. The largest absolute Gasteiger partial charge is 0.481 e. The smallest absolute Gasteiger partial charge is 0.305 e. The summed E-state index contributed by atoms with van der Waals surface area (Å²) in [4.78, 5) is 24.8. The number of amides is 1. The van der Waals surface area contributed by atoms with Crippen LogP contribution in [0, 0.1) is 18.6 Å². The second-order valence-corrected chi connectivity index (χ2v) is 10.1. The van der Waals surface area contributed by atoms with E-state index in [1.807, 2.05) is 25.1 Å². The highest BCUT2D eigenvalue weighted by molar-refractivity contribution is 6.11. The molecule has 0 fully saturated rings. The van der Waals surface area contributed by atoms with Gasteiger partial charge in [0.1, 0.15) is 17.3 Å². The summed E-state index contributed by atoms with van der Waals surface area (Å²) in [6.07, 6.45) is -2.44. The van der Waals surface area contributed by atoms with Gasteiger partial charge in [-0.1, -0.05) is 36.4 Å². The third kappa shape index (κ3) is 7.25. The van der Waals surface area contributed by atoms with E-state index in [4.69, 9.17) is 5.11 Å². The average molecular weight is 563 g/mol. The van der Waals surface area contributed by atoms with Crippen molar-refractivity contribution >= 4 is 17.6 Å². The van der Waals surface area contributed by atoms with Crippen molar-refractivity contribution in [2.45, 2.75) is 44.8 Å². The molecular weight excluding hydrogens is 530 g/mol. The third-order valence-corrected chi connectivity index (χ3v) is 6.94. The number of nitrogens with zero attached hydrogens (tertiary/aromatic N) is 1. The minimum Gasteiger partial charge on any atom is -0.481 e. The molecule has 2 atom stereocenters. The normalized spacial score (nSPS) is 12.6. The first-order valence-electron chi connectivity index (χ1n) is 13.2. The van der Waals surface area contributed by atoms with E-state index < -0.39 is 42.1 Å². The Kier molecular flexibility index (Phi) is 9.31. The van der Waals surface area contributed by atoms with Crippen LogP contribution in [0.15, 0.2) is 72.8 Å².